The Morgan fingerprint density at radius 3 is 2.33 bits per heavy atom. The molecule has 0 spiro atoms. The van der Waals surface area contributed by atoms with E-state index < -0.39 is 15.4 Å². The molecule has 1 aliphatic heterocycles. The zero-order valence-electron chi connectivity index (χ0n) is 12.7. The van der Waals surface area contributed by atoms with Crippen LogP contribution in [0.2, 0.25) is 0 Å². The van der Waals surface area contributed by atoms with Crippen LogP contribution in [0.1, 0.15) is 52.4 Å². The van der Waals surface area contributed by atoms with Gasteiger partial charge in [0, 0.05) is 11.3 Å². The van der Waals surface area contributed by atoms with E-state index in [9.17, 15) is 18.0 Å². The van der Waals surface area contributed by atoms with Crippen molar-refractivity contribution in [3.8, 4) is 0 Å². The minimum absolute atomic E-state index is 0.0515. The topological polar surface area (TPSA) is 96.1 Å². The minimum Gasteiger partial charge on any atom is -0.354 e. The van der Waals surface area contributed by atoms with Crippen molar-refractivity contribution < 1.29 is 18.0 Å². The molecule has 1 aliphatic rings. The molecule has 2 N–H and O–H groups in total. The van der Waals surface area contributed by atoms with Crippen molar-refractivity contribution >= 4 is 21.5 Å². The molecule has 1 aromatic heterocycles. The van der Waals surface area contributed by atoms with E-state index in [4.69, 9.17) is 0 Å². The van der Waals surface area contributed by atoms with E-state index in [0.717, 1.165) is 0 Å². The van der Waals surface area contributed by atoms with E-state index in [2.05, 4.69) is 10.3 Å². The molecule has 1 aromatic rings. The van der Waals surface area contributed by atoms with Crippen LogP contribution in [0.15, 0.2) is 0 Å². The summed E-state index contributed by atoms with van der Waals surface area (Å²) < 4.78 is 23.1. The van der Waals surface area contributed by atoms with Gasteiger partial charge in [0.15, 0.2) is 15.6 Å². The van der Waals surface area contributed by atoms with E-state index in [-0.39, 0.29) is 23.2 Å². The Morgan fingerprint density at radius 1 is 1.29 bits per heavy atom. The van der Waals surface area contributed by atoms with Crippen LogP contribution in [0.4, 0.5) is 0 Å². The fourth-order valence-electron chi connectivity index (χ4n) is 2.95. The summed E-state index contributed by atoms with van der Waals surface area (Å²) in [4.78, 5) is 26.9. The normalized spacial score (nSPS) is 24.0. The molecule has 1 atom stereocenters. The number of amides is 1. The predicted molar refractivity (Wildman–Crippen MR) is 79.4 cm³/mol. The van der Waals surface area contributed by atoms with Crippen molar-refractivity contribution in [3.05, 3.63) is 22.5 Å². The molecule has 0 aromatic carbocycles. The van der Waals surface area contributed by atoms with Crippen LogP contribution >= 0.6 is 0 Å². The lowest BCUT2D eigenvalue weighted by molar-refractivity contribution is 0.0910. The number of aromatic nitrogens is 1. The average Bonchev–Trinajstić information content (AvgIpc) is 2.75. The number of rotatable bonds is 3. The SMILES string of the molecule is CC(=O)c1c(C)[nH]c(C(=O)N[C@@]2(C)CCS(=O)(=O)C2)c1C. The summed E-state index contributed by atoms with van der Waals surface area (Å²) in [5.74, 6) is -0.437. The third-order valence-corrected chi connectivity index (χ3v) is 5.84. The van der Waals surface area contributed by atoms with Crippen molar-refractivity contribution in [1.82, 2.24) is 10.3 Å². The lowest BCUT2D eigenvalue weighted by Gasteiger charge is -2.23. The van der Waals surface area contributed by atoms with Crippen LogP contribution in [-0.2, 0) is 9.84 Å². The van der Waals surface area contributed by atoms with E-state index in [0.29, 0.717) is 28.9 Å². The highest BCUT2D eigenvalue weighted by molar-refractivity contribution is 7.91. The Hall–Kier alpha value is -1.63. The number of carbonyl (C=O) groups is 2. The fourth-order valence-corrected chi connectivity index (χ4v) is 5.04. The molecule has 1 saturated heterocycles. The molecule has 2 heterocycles. The lowest BCUT2D eigenvalue weighted by Crippen LogP contribution is -2.47. The van der Waals surface area contributed by atoms with Crippen LogP contribution in [0.3, 0.4) is 0 Å². The molecule has 6 nitrogen and oxygen atoms in total. The Bertz CT molecular complexity index is 718. The van der Waals surface area contributed by atoms with Gasteiger partial charge in [-0.15, -0.1) is 0 Å². The Balaban J connectivity index is 2.26. The number of sulfone groups is 1. The standard InChI is InChI=1S/C14H20N2O4S/c1-8-11(10(3)17)9(2)15-12(8)13(18)16-14(4)5-6-21(19,20)7-14/h15H,5-7H2,1-4H3,(H,16,18)/t14-/m0/s1. The first kappa shape index (κ1) is 15.8. The number of hydrogen-bond acceptors (Lipinski definition) is 4. The summed E-state index contributed by atoms with van der Waals surface area (Å²) >= 11 is 0. The minimum atomic E-state index is -3.09. The summed E-state index contributed by atoms with van der Waals surface area (Å²) in [7, 11) is -3.09. The third-order valence-electron chi connectivity index (χ3n) is 3.94. The zero-order valence-corrected chi connectivity index (χ0v) is 13.5. The van der Waals surface area contributed by atoms with Gasteiger partial charge in [-0.1, -0.05) is 0 Å². The number of ketones is 1. The molecular weight excluding hydrogens is 292 g/mol. The smallest absolute Gasteiger partial charge is 0.268 e. The first-order valence-electron chi connectivity index (χ1n) is 6.78. The quantitative estimate of drug-likeness (QED) is 0.818. The van der Waals surface area contributed by atoms with Gasteiger partial charge in [0.2, 0.25) is 0 Å². The molecular formula is C14H20N2O4S. The highest BCUT2D eigenvalue weighted by Crippen LogP contribution is 2.24. The van der Waals surface area contributed by atoms with E-state index in [1.165, 1.54) is 6.92 Å². The highest BCUT2D eigenvalue weighted by Gasteiger charge is 2.40. The Morgan fingerprint density at radius 2 is 1.90 bits per heavy atom. The van der Waals surface area contributed by atoms with Gasteiger partial charge in [-0.3, -0.25) is 9.59 Å². The number of H-pyrrole nitrogens is 1. The summed E-state index contributed by atoms with van der Waals surface area (Å²) in [5, 5.41) is 2.79. The van der Waals surface area contributed by atoms with E-state index >= 15 is 0 Å². The summed E-state index contributed by atoms with van der Waals surface area (Å²) in [6.07, 6.45) is 0.402. The second-order valence-electron chi connectivity index (χ2n) is 6.04. The molecule has 2 rings (SSSR count). The summed E-state index contributed by atoms with van der Waals surface area (Å²) in [6.45, 7) is 6.63. The van der Waals surface area contributed by atoms with Gasteiger partial charge in [0.1, 0.15) is 5.69 Å². The molecule has 0 aliphatic carbocycles. The second-order valence-corrected chi connectivity index (χ2v) is 8.22. The fraction of sp³-hybridized carbons (Fsp3) is 0.571. The first-order valence-corrected chi connectivity index (χ1v) is 8.60. The molecule has 0 unspecified atom stereocenters. The van der Waals surface area contributed by atoms with Gasteiger partial charge in [0.25, 0.3) is 5.91 Å². The number of carbonyl (C=O) groups excluding carboxylic acids is 2. The van der Waals surface area contributed by atoms with Crippen LogP contribution in [0, 0.1) is 13.8 Å². The maximum Gasteiger partial charge on any atom is 0.268 e. The average molecular weight is 312 g/mol. The Labute approximate surface area is 124 Å². The molecule has 1 amide bonds. The number of nitrogens with one attached hydrogen (secondary N) is 2. The molecule has 1 fully saturated rings. The van der Waals surface area contributed by atoms with E-state index in [1.807, 2.05) is 0 Å². The van der Waals surface area contributed by atoms with Crippen molar-refractivity contribution in [2.24, 2.45) is 0 Å². The van der Waals surface area contributed by atoms with Gasteiger partial charge in [0.05, 0.1) is 17.0 Å². The molecule has 7 heteroatoms. The number of Topliss-reactive ketones (excluding diaryl/α,β-unsaturated/α-hetero) is 1. The van der Waals surface area contributed by atoms with Crippen LogP contribution in [-0.4, -0.2) is 42.1 Å². The molecule has 116 valence electrons. The van der Waals surface area contributed by atoms with Crippen molar-refractivity contribution in [2.75, 3.05) is 11.5 Å². The van der Waals surface area contributed by atoms with Gasteiger partial charge >= 0.3 is 0 Å². The first-order chi connectivity index (χ1) is 9.55. The monoisotopic (exact) mass is 312 g/mol. The van der Waals surface area contributed by atoms with Gasteiger partial charge in [-0.2, -0.15) is 0 Å². The van der Waals surface area contributed by atoms with Gasteiger partial charge in [-0.05, 0) is 39.7 Å². The number of hydrogen-bond donors (Lipinski definition) is 2. The number of aryl methyl sites for hydroxylation is 1. The molecule has 21 heavy (non-hydrogen) atoms. The van der Waals surface area contributed by atoms with Crippen molar-refractivity contribution in [2.45, 2.75) is 39.7 Å². The summed E-state index contributed by atoms with van der Waals surface area (Å²) in [5.41, 5.74) is 1.33. The van der Waals surface area contributed by atoms with Crippen LogP contribution in [0.5, 0.6) is 0 Å². The van der Waals surface area contributed by atoms with Crippen molar-refractivity contribution in [3.63, 3.8) is 0 Å². The number of aromatic amines is 1. The van der Waals surface area contributed by atoms with Crippen LogP contribution < -0.4 is 5.32 Å². The predicted octanol–water partition coefficient (Wildman–Crippen LogP) is 1.14. The van der Waals surface area contributed by atoms with E-state index in [1.54, 1.807) is 20.8 Å². The second kappa shape index (κ2) is 4.98. The Kier molecular flexibility index (Phi) is 3.73. The van der Waals surface area contributed by atoms with Crippen molar-refractivity contribution in [1.29, 1.82) is 0 Å². The molecule has 0 saturated carbocycles. The summed E-state index contributed by atoms with van der Waals surface area (Å²) in [6, 6.07) is 0. The molecule has 0 bridgehead atoms. The third kappa shape index (κ3) is 3.02. The maximum atomic E-state index is 12.4. The van der Waals surface area contributed by atoms with Gasteiger partial charge in [-0.25, -0.2) is 8.42 Å². The lowest BCUT2D eigenvalue weighted by atomic mass is 10.0. The maximum absolute atomic E-state index is 12.4. The molecule has 0 radical (unpaired) electrons. The zero-order chi connectivity index (χ0) is 16.0. The van der Waals surface area contributed by atoms with Crippen LogP contribution in [0.25, 0.3) is 0 Å². The van der Waals surface area contributed by atoms with Gasteiger partial charge < -0.3 is 10.3 Å². The largest absolute Gasteiger partial charge is 0.354 e. The highest BCUT2D eigenvalue weighted by atomic mass is 32.2.